The number of halogens is 2. The molecule has 0 radical (unpaired) electrons. The number of unbranched alkanes of at least 4 members (excludes halogenated alkanes) is 6. The molecule has 4 unspecified atom stereocenters. The summed E-state index contributed by atoms with van der Waals surface area (Å²) >= 11 is 1.84. The minimum Gasteiger partial charge on any atom is -0.508 e. The van der Waals surface area contributed by atoms with Gasteiger partial charge in [0.15, 0.2) is 0 Å². The molecule has 4 heteroatoms. The van der Waals surface area contributed by atoms with Crippen LogP contribution in [0.2, 0.25) is 0 Å². The first kappa shape index (κ1) is 36.2. The number of aryl methyl sites for hydroxylation is 1. The second kappa shape index (κ2) is 16.2. The Morgan fingerprint density at radius 1 is 0.951 bits per heavy atom. The molecule has 0 aromatic heterocycles. The Balaban J connectivity index is 0.000000280. The number of phenols is 1. The zero-order valence-corrected chi connectivity index (χ0v) is 27.1. The van der Waals surface area contributed by atoms with E-state index in [2.05, 4.69) is 26.5 Å². The number of phenolic OH excluding ortho intramolecular Hbond substituents is 1. The average molecular weight is 593 g/mol. The van der Waals surface area contributed by atoms with E-state index in [4.69, 9.17) is 0 Å². The largest absolute Gasteiger partial charge is 0.508 e. The number of aromatic hydroxyl groups is 1. The van der Waals surface area contributed by atoms with Crippen LogP contribution in [0.4, 0.5) is 8.78 Å². The molecule has 1 N–H and O–H groups in total. The molecule has 1 aromatic carbocycles. The minimum atomic E-state index is -2.53. The summed E-state index contributed by atoms with van der Waals surface area (Å²) in [7, 11) is 0. The van der Waals surface area contributed by atoms with E-state index in [1.165, 1.54) is 93.7 Å². The molecular weight excluding hydrogens is 530 g/mol. The molecule has 3 aliphatic rings. The highest BCUT2D eigenvalue weighted by molar-refractivity contribution is 7.99. The Kier molecular flexibility index (Phi) is 14.3. The zero-order valence-electron chi connectivity index (χ0n) is 26.3. The molecule has 0 heterocycles. The molecular formula is C37H62F2OS. The molecule has 1 nitrogen and oxygen atoms in total. The maximum absolute atomic E-state index is 13.7. The minimum absolute atomic E-state index is 0. The summed E-state index contributed by atoms with van der Waals surface area (Å²) in [6, 6.07) is 6.06. The highest BCUT2D eigenvalue weighted by Gasteiger charge is 2.51. The first-order valence-corrected chi connectivity index (χ1v) is 17.5. The van der Waals surface area contributed by atoms with E-state index in [0.29, 0.717) is 17.6 Å². The van der Waals surface area contributed by atoms with Gasteiger partial charge >= 0.3 is 0 Å². The van der Waals surface area contributed by atoms with Gasteiger partial charge in [0.05, 0.1) is 0 Å². The molecule has 0 bridgehead atoms. The molecule has 41 heavy (non-hydrogen) atoms. The van der Waals surface area contributed by atoms with Crippen molar-refractivity contribution in [3.8, 4) is 5.75 Å². The highest BCUT2D eigenvalue weighted by Crippen LogP contribution is 2.62. The van der Waals surface area contributed by atoms with Crippen LogP contribution < -0.4 is 0 Å². The van der Waals surface area contributed by atoms with Crippen LogP contribution in [-0.2, 0) is 6.42 Å². The lowest BCUT2D eigenvalue weighted by Gasteiger charge is -2.49. The van der Waals surface area contributed by atoms with Gasteiger partial charge in [0.25, 0.3) is 5.92 Å². The third kappa shape index (κ3) is 9.48. The predicted molar refractivity (Wildman–Crippen MR) is 178 cm³/mol. The summed E-state index contributed by atoms with van der Waals surface area (Å²) in [5.74, 6) is 2.31. The number of allylic oxidation sites excluding steroid dienone is 1. The fraction of sp³-hybridized carbons (Fsp3) is 0.784. The van der Waals surface area contributed by atoms with Crippen LogP contribution in [0.15, 0.2) is 30.4 Å². The lowest BCUT2D eigenvalue weighted by atomic mass is 9.55. The number of rotatable bonds is 12. The van der Waals surface area contributed by atoms with Gasteiger partial charge in [0.2, 0.25) is 0 Å². The average Bonchev–Trinajstić information content (AvgIpc) is 3.21. The number of fused-ring (bicyclic) bond motifs is 5. The van der Waals surface area contributed by atoms with Gasteiger partial charge in [-0.15, -0.1) is 0 Å². The van der Waals surface area contributed by atoms with E-state index < -0.39 is 11.3 Å². The molecule has 4 rings (SSSR count). The summed E-state index contributed by atoms with van der Waals surface area (Å²) in [4.78, 5) is 0. The Bertz CT molecular complexity index is 935. The normalized spacial score (nSPS) is 25.3. The summed E-state index contributed by atoms with van der Waals surface area (Å²) in [5.41, 5.74) is 3.94. The molecule has 0 aliphatic heterocycles. The van der Waals surface area contributed by atoms with Crippen molar-refractivity contribution < 1.29 is 13.9 Å². The van der Waals surface area contributed by atoms with Gasteiger partial charge in [0, 0.05) is 11.8 Å². The molecule has 0 spiro atoms. The van der Waals surface area contributed by atoms with E-state index in [0.717, 1.165) is 35.7 Å². The Morgan fingerprint density at radius 3 is 2.29 bits per heavy atom. The Morgan fingerprint density at radius 2 is 1.61 bits per heavy atom. The third-order valence-electron chi connectivity index (χ3n) is 10.4. The van der Waals surface area contributed by atoms with E-state index in [1.54, 1.807) is 20.8 Å². The van der Waals surface area contributed by atoms with Crippen LogP contribution in [0.5, 0.6) is 5.75 Å². The molecule has 0 amide bonds. The summed E-state index contributed by atoms with van der Waals surface area (Å²) in [5, 5.41) is 9.70. The van der Waals surface area contributed by atoms with Crippen molar-refractivity contribution in [1.29, 1.82) is 0 Å². The van der Waals surface area contributed by atoms with Crippen LogP contribution in [0, 0.1) is 22.7 Å². The summed E-state index contributed by atoms with van der Waals surface area (Å²) in [6.45, 7) is 13.9. The van der Waals surface area contributed by atoms with Crippen molar-refractivity contribution in [3.05, 3.63) is 41.5 Å². The molecule has 2 saturated carbocycles. The van der Waals surface area contributed by atoms with E-state index in [1.807, 2.05) is 23.9 Å². The van der Waals surface area contributed by atoms with Crippen molar-refractivity contribution in [2.75, 3.05) is 11.5 Å². The van der Waals surface area contributed by atoms with Crippen LogP contribution in [0.1, 0.15) is 149 Å². The fourth-order valence-corrected chi connectivity index (χ4v) is 8.47. The zero-order chi connectivity index (χ0) is 29.4. The number of benzene rings is 1. The molecule has 4 atom stereocenters. The van der Waals surface area contributed by atoms with Crippen molar-refractivity contribution in [2.45, 2.75) is 150 Å². The quantitative estimate of drug-likeness (QED) is 0.192. The van der Waals surface area contributed by atoms with Gasteiger partial charge < -0.3 is 5.11 Å². The third-order valence-corrected chi connectivity index (χ3v) is 11.6. The molecule has 3 aliphatic carbocycles. The smallest absolute Gasteiger partial charge is 0.252 e. The second-order valence-corrected chi connectivity index (χ2v) is 15.4. The first-order valence-electron chi connectivity index (χ1n) is 16.4. The van der Waals surface area contributed by atoms with E-state index >= 15 is 0 Å². The SMILES string of the molecule is C.C=C1CCC2C3CCc4cc(O)ccc4C3CCC12C.CCCCCCCCCSCCCC(F)(F)C(C)(C)C. The van der Waals surface area contributed by atoms with Gasteiger partial charge in [-0.3, -0.25) is 0 Å². The van der Waals surface area contributed by atoms with Crippen LogP contribution in [0.3, 0.4) is 0 Å². The first-order chi connectivity index (χ1) is 18.9. The van der Waals surface area contributed by atoms with Gasteiger partial charge in [-0.2, -0.15) is 11.8 Å². The second-order valence-electron chi connectivity index (χ2n) is 14.2. The molecule has 2 fully saturated rings. The van der Waals surface area contributed by atoms with Gasteiger partial charge in [-0.25, -0.2) is 8.78 Å². The van der Waals surface area contributed by atoms with Gasteiger partial charge in [0.1, 0.15) is 5.75 Å². The Labute approximate surface area is 256 Å². The van der Waals surface area contributed by atoms with Crippen LogP contribution in [-0.4, -0.2) is 22.5 Å². The number of hydrogen-bond donors (Lipinski definition) is 1. The Hall–Kier alpha value is -1.03. The predicted octanol–water partition coefficient (Wildman–Crippen LogP) is 12.4. The van der Waals surface area contributed by atoms with E-state index in [-0.39, 0.29) is 13.8 Å². The monoisotopic (exact) mass is 592 g/mol. The summed E-state index contributed by atoms with van der Waals surface area (Å²) in [6.07, 6.45) is 17.6. The van der Waals surface area contributed by atoms with Crippen molar-refractivity contribution in [2.24, 2.45) is 22.7 Å². The maximum Gasteiger partial charge on any atom is 0.252 e. The standard InChI is InChI=1S/C19H24O.C17H34F2S.CH4/c1-12-3-8-18-17-6-4-13-11-14(20)5-7-15(13)16(17)9-10-19(12,18)2;1-5-6-7-8-9-10-11-14-20-15-12-13-17(18,19)16(2,3)4;/h5,7,11,16-18,20H,1,3-4,6,8-10H2,2H3;5-15H2,1-4H3;1H4. The van der Waals surface area contributed by atoms with Crippen molar-refractivity contribution >= 4 is 11.8 Å². The lowest BCUT2D eigenvalue weighted by Crippen LogP contribution is -2.40. The number of thioether (sulfide) groups is 1. The maximum atomic E-state index is 13.7. The van der Waals surface area contributed by atoms with Crippen molar-refractivity contribution in [3.63, 3.8) is 0 Å². The summed E-state index contributed by atoms with van der Waals surface area (Å²) < 4.78 is 27.4. The molecule has 236 valence electrons. The highest BCUT2D eigenvalue weighted by atomic mass is 32.2. The number of hydrogen-bond acceptors (Lipinski definition) is 2. The molecule has 0 saturated heterocycles. The topological polar surface area (TPSA) is 20.2 Å². The fourth-order valence-electron chi connectivity index (χ4n) is 7.51. The van der Waals surface area contributed by atoms with Gasteiger partial charge in [-0.1, -0.05) is 98.8 Å². The number of alkyl halides is 2. The van der Waals surface area contributed by atoms with E-state index in [9.17, 15) is 13.9 Å². The van der Waals surface area contributed by atoms with Gasteiger partial charge in [-0.05, 0) is 109 Å². The van der Waals surface area contributed by atoms with Crippen molar-refractivity contribution in [1.82, 2.24) is 0 Å². The van der Waals surface area contributed by atoms with Crippen LogP contribution in [0.25, 0.3) is 0 Å². The molecule has 1 aromatic rings. The lowest BCUT2D eigenvalue weighted by molar-refractivity contribution is -0.103. The van der Waals surface area contributed by atoms with Crippen LogP contribution >= 0.6 is 11.8 Å².